The summed E-state index contributed by atoms with van der Waals surface area (Å²) in [6.07, 6.45) is 0.121. The van der Waals surface area contributed by atoms with Crippen LogP contribution in [0, 0.1) is 0 Å². The standard InChI is InChI=1S/C11H20O5/c1-4-13-6-5-10(12)14-7-9-8-15-11(2,3)16-9/h9H,4-8H2,1-3H3. The molecule has 0 N–H and O–H groups in total. The second kappa shape index (κ2) is 6.18. The van der Waals surface area contributed by atoms with E-state index in [1.807, 2.05) is 20.8 Å². The Morgan fingerprint density at radius 1 is 1.50 bits per heavy atom. The lowest BCUT2D eigenvalue weighted by Gasteiger charge is -2.16. The van der Waals surface area contributed by atoms with Crippen LogP contribution in [0.15, 0.2) is 0 Å². The summed E-state index contributed by atoms with van der Waals surface area (Å²) in [5.41, 5.74) is 0. The third-order valence-corrected chi connectivity index (χ3v) is 2.15. The van der Waals surface area contributed by atoms with Crippen LogP contribution in [0.5, 0.6) is 0 Å². The molecular weight excluding hydrogens is 212 g/mol. The first-order chi connectivity index (χ1) is 7.53. The maximum absolute atomic E-state index is 11.2. The van der Waals surface area contributed by atoms with Gasteiger partial charge in [-0.25, -0.2) is 0 Å². The first kappa shape index (κ1) is 13.4. The Kier molecular flexibility index (Phi) is 5.18. The maximum Gasteiger partial charge on any atom is 0.308 e. The van der Waals surface area contributed by atoms with Crippen LogP contribution in [-0.4, -0.2) is 44.3 Å². The van der Waals surface area contributed by atoms with Crippen LogP contribution in [-0.2, 0) is 23.7 Å². The molecule has 0 aromatic carbocycles. The third kappa shape index (κ3) is 4.92. The van der Waals surface area contributed by atoms with E-state index >= 15 is 0 Å². The van der Waals surface area contributed by atoms with Crippen molar-refractivity contribution < 1.29 is 23.7 Å². The van der Waals surface area contributed by atoms with Crippen LogP contribution in [0.25, 0.3) is 0 Å². The molecule has 94 valence electrons. The summed E-state index contributed by atoms with van der Waals surface area (Å²) >= 11 is 0. The Balaban J connectivity index is 2.08. The van der Waals surface area contributed by atoms with Gasteiger partial charge in [0.05, 0.1) is 19.6 Å². The lowest BCUT2D eigenvalue weighted by molar-refractivity contribution is -0.159. The van der Waals surface area contributed by atoms with Crippen molar-refractivity contribution in [3.05, 3.63) is 0 Å². The van der Waals surface area contributed by atoms with Crippen LogP contribution >= 0.6 is 0 Å². The molecule has 1 rings (SSSR count). The average molecular weight is 232 g/mol. The minimum absolute atomic E-state index is 0.161. The minimum Gasteiger partial charge on any atom is -0.463 e. The summed E-state index contributed by atoms with van der Waals surface area (Å²) in [7, 11) is 0. The number of hydrogen-bond donors (Lipinski definition) is 0. The van der Waals surface area contributed by atoms with Gasteiger partial charge in [0.25, 0.3) is 0 Å². The van der Waals surface area contributed by atoms with Gasteiger partial charge in [-0.1, -0.05) is 0 Å². The van der Waals surface area contributed by atoms with Gasteiger partial charge in [-0.2, -0.15) is 0 Å². The van der Waals surface area contributed by atoms with E-state index in [0.29, 0.717) is 19.8 Å². The zero-order valence-corrected chi connectivity index (χ0v) is 10.2. The molecule has 16 heavy (non-hydrogen) atoms. The number of carbonyl (C=O) groups is 1. The minimum atomic E-state index is -0.567. The third-order valence-electron chi connectivity index (χ3n) is 2.15. The highest BCUT2D eigenvalue weighted by Gasteiger charge is 2.33. The number of ether oxygens (including phenoxy) is 4. The van der Waals surface area contributed by atoms with Gasteiger partial charge in [0.2, 0.25) is 0 Å². The van der Waals surface area contributed by atoms with E-state index in [2.05, 4.69) is 0 Å². The van der Waals surface area contributed by atoms with Crippen molar-refractivity contribution in [2.75, 3.05) is 26.4 Å². The van der Waals surface area contributed by atoms with E-state index in [-0.39, 0.29) is 25.1 Å². The summed E-state index contributed by atoms with van der Waals surface area (Å²) in [6.45, 7) is 7.29. The SMILES string of the molecule is CCOCCC(=O)OCC1COC(C)(C)O1. The summed E-state index contributed by atoms with van der Waals surface area (Å²) in [5.74, 6) is -0.829. The second-order valence-corrected chi connectivity index (χ2v) is 4.08. The smallest absolute Gasteiger partial charge is 0.308 e. The van der Waals surface area contributed by atoms with Crippen molar-refractivity contribution in [1.29, 1.82) is 0 Å². The Labute approximate surface area is 96.0 Å². The lowest BCUT2D eigenvalue weighted by Crippen LogP contribution is -2.25. The fourth-order valence-corrected chi connectivity index (χ4v) is 1.40. The maximum atomic E-state index is 11.2. The molecule has 1 saturated heterocycles. The summed E-state index contributed by atoms with van der Waals surface area (Å²) < 4.78 is 20.9. The van der Waals surface area contributed by atoms with Gasteiger partial charge in [-0.3, -0.25) is 4.79 Å². The molecule has 5 nitrogen and oxygen atoms in total. The molecule has 0 spiro atoms. The predicted octanol–water partition coefficient (Wildman–Crippen LogP) is 1.11. The first-order valence-corrected chi connectivity index (χ1v) is 5.58. The highest BCUT2D eigenvalue weighted by atomic mass is 16.7. The van der Waals surface area contributed by atoms with Crippen molar-refractivity contribution in [2.24, 2.45) is 0 Å². The molecule has 0 amide bonds. The molecule has 0 saturated carbocycles. The molecule has 1 aliphatic rings. The number of esters is 1. The van der Waals surface area contributed by atoms with Gasteiger partial charge >= 0.3 is 5.97 Å². The average Bonchev–Trinajstić information content (AvgIpc) is 2.56. The van der Waals surface area contributed by atoms with Crippen molar-refractivity contribution in [3.63, 3.8) is 0 Å². The monoisotopic (exact) mass is 232 g/mol. The second-order valence-electron chi connectivity index (χ2n) is 4.08. The molecule has 5 heteroatoms. The van der Waals surface area contributed by atoms with E-state index in [4.69, 9.17) is 18.9 Å². The Bertz CT molecular complexity index is 226. The quantitative estimate of drug-likeness (QED) is 0.507. The summed E-state index contributed by atoms with van der Waals surface area (Å²) in [4.78, 5) is 11.2. The van der Waals surface area contributed by atoms with Gasteiger partial charge in [-0.15, -0.1) is 0 Å². The molecular formula is C11H20O5. The van der Waals surface area contributed by atoms with Crippen LogP contribution in [0.3, 0.4) is 0 Å². The molecule has 0 radical (unpaired) electrons. The lowest BCUT2D eigenvalue weighted by atomic mass is 10.4. The molecule has 0 aromatic heterocycles. The Hall–Kier alpha value is -0.650. The molecule has 1 atom stereocenters. The van der Waals surface area contributed by atoms with E-state index < -0.39 is 5.79 Å². The highest BCUT2D eigenvalue weighted by molar-refractivity contribution is 5.69. The molecule has 1 fully saturated rings. The van der Waals surface area contributed by atoms with Crippen molar-refractivity contribution in [2.45, 2.75) is 39.1 Å². The molecule has 0 bridgehead atoms. The van der Waals surface area contributed by atoms with Gasteiger partial charge in [0.15, 0.2) is 5.79 Å². The topological polar surface area (TPSA) is 54.0 Å². The fourth-order valence-electron chi connectivity index (χ4n) is 1.40. The van der Waals surface area contributed by atoms with Crippen LogP contribution in [0.4, 0.5) is 0 Å². The van der Waals surface area contributed by atoms with Crippen LogP contribution in [0.1, 0.15) is 27.2 Å². The zero-order chi connectivity index (χ0) is 12.0. The van der Waals surface area contributed by atoms with Crippen LogP contribution in [0.2, 0.25) is 0 Å². The van der Waals surface area contributed by atoms with Gasteiger partial charge < -0.3 is 18.9 Å². The molecule has 1 unspecified atom stereocenters. The zero-order valence-electron chi connectivity index (χ0n) is 10.2. The number of carbonyl (C=O) groups excluding carboxylic acids is 1. The Morgan fingerprint density at radius 3 is 2.81 bits per heavy atom. The fraction of sp³-hybridized carbons (Fsp3) is 0.909. The van der Waals surface area contributed by atoms with Crippen LogP contribution < -0.4 is 0 Å². The summed E-state index contributed by atoms with van der Waals surface area (Å²) in [6, 6.07) is 0. The normalized spacial score (nSPS) is 23.3. The number of hydrogen-bond acceptors (Lipinski definition) is 5. The molecule has 1 heterocycles. The van der Waals surface area contributed by atoms with Crippen molar-refractivity contribution in [3.8, 4) is 0 Å². The van der Waals surface area contributed by atoms with Gasteiger partial charge in [-0.05, 0) is 20.8 Å². The molecule has 0 aromatic rings. The van der Waals surface area contributed by atoms with Crippen molar-refractivity contribution in [1.82, 2.24) is 0 Å². The molecule has 0 aliphatic carbocycles. The summed E-state index contributed by atoms with van der Waals surface area (Å²) in [5, 5.41) is 0. The first-order valence-electron chi connectivity index (χ1n) is 5.58. The predicted molar refractivity (Wildman–Crippen MR) is 57.0 cm³/mol. The molecule has 1 aliphatic heterocycles. The van der Waals surface area contributed by atoms with E-state index in [0.717, 1.165) is 0 Å². The van der Waals surface area contributed by atoms with E-state index in [1.54, 1.807) is 0 Å². The largest absolute Gasteiger partial charge is 0.463 e. The van der Waals surface area contributed by atoms with E-state index in [9.17, 15) is 4.79 Å². The van der Waals surface area contributed by atoms with E-state index in [1.165, 1.54) is 0 Å². The van der Waals surface area contributed by atoms with Gasteiger partial charge in [0, 0.05) is 6.61 Å². The van der Waals surface area contributed by atoms with Gasteiger partial charge in [0.1, 0.15) is 12.7 Å². The van der Waals surface area contributed by atoms with Crippen molar-refractivity contribution >= 4 is 5.97 Å². The Morgan fingerprint density at radius 2 is 2.25 bits per heavy atom. The highest BCUT2D eigenvalue weighted by Crippen LogP contribution is 2.22. The number of rotatable bonds is 6.